The molecule has 0 atom stereocenters. The fourth-order valence-corrected chi connectivity index (χ4v) is 3.98. The van der Waals surface area contributed by atoms with Gasteiger partial charge in [-0.3, -0.25) is 9.80 Å². The molecular formula is C25H27N6Na3O5. The maximum Gasteiger partial charge on any atom is 1.00 e. The normalized spacial score (nSPS) is 10.3. The molecule has 11 nitrogen and oxygen atoms in total. The van der Waals surface area contributed by atoms with Gasteiger partial charge in [0.05, 0.1) is 23.3 Å². The zero-order valence-corrected chi connectivity index (χ0v) is 28.8. The second kappa shape index (κ2) is 18.3. The van der Waals surface area contributed by atoms with E-state index in [9.17, 15) is 24.9 Å². The van der Waals surface area contributed by atoms with Crippen molar-refractivity contribution >= 4 is 23.6 Å². The third kappa shape index (κ3) is 12.9. The molecule has 2 heterocycles. The summed E-state index contributed by atoms with van der Waals surface area (Å²) in [5, 5.41) is 35.4. The Kier molecular flexibility index (Phi) is 17.7. The van der Waals surface area contributed by atoms with Gasteiger partial charge in [0.2, 0.25) is 0 Å². The van der Waals surface area contributed by atoms with E-state index >= 15 is 0 Å². The first-order chi connectivity index (χ1) is 17.1. The molecule has 0 aliphatic carbocycles. The molecule has 190 valence electrons. The maximum absolute atomic E-state index is 13.3. The standard InChI is InChI=1S/C25H30N6O5.3Na/c1-16-8-17(25(36)18(9-16)11-31(14-23(32)33)15-24(34)35)10-30(12-19-4-2-6-21(26)28-19)13-20-5-3-7-22(27)29-20;;;/h2-9,36H,10-15H2,1H3,(H2,26,28)(H2,27,29)(H,32,33)(H,34,35);;;/q;3*+1/p-3. The average Bonchev–Trinajstić information content (AvgIpc) is 2.76. The van der Waals surface area contributed by atoms with E-state index in [0.29, 0.717) is 41.7 Å². The molecule has 0 bridgehead atoms. The van der Waals surface area contributed by atoms with Crippen molar-refractivity contribution in [2.75, 3.05) is 24.6 Å². The van der Waals surface area contributed by atoms with Gasteiger partial charge in [0, 0.05) is 39.3 Å². The van der Waals surface area contributed by atoms with Crippen LogP contribution in [0.15, 0.2) is 48.5 Å². The number of aryl methyl sites for hydroxylation is 1. The van der Waals surface area contributed by atoms with Gasteiger partial charge >= 0.3 is 88.7 Å². The SMILES string of the molecule is Cc1cc(CN(CC(=O)[O-])CC(=O)[O-])c([O-])c(CN(Cc2cccc(N)n2)Cc2cccc(N)n2)c1.[Na+].[Na+].[Na+]. The first-order valence-corrected chi connectivity index (χ1v) is 11.2. The van der Waals surface area contributed by atoms with Crippen LogP contribution >= 0.6 is 0 Å². The van der Waals surface area contributed by atoms with E-state index in [1.165, 1.54) is 0 Å². The smallest absolute Gasteiger partial charge is 0.872 e. The fourth-order valence-electron chi connectivity index (χ4n) is 3.98. The van der Waals surface area contributed by atoms with Gasteiger partial charge < -0.3 is 36.4 Å². The van der Waals surface area contributed by atoms with E-state index in [4.69, 9.17) is 11.5 Å². The number of carboxylic acids is 2. The summed E-state index contributed by atoms with van der Waals surface area (Å²) in [4.78, 5) is 33.9. The summed E-state index contributed by atoms with van der Waals surface area (Å²) in [6.07, 6.45) is 0. The Balaban J connectivity index is 0.00000481. The third-order valence-electron chi connectivity index (χ3n) is 5.31. The molecule has 0 amide bonds. The summed E-state index contributed by atoms with van der Waals surface area (Å²) in [5.41, 5.74) is 14.6. The van der Waals surface area contributed by atoms with Crippen molar-refractivity contribution in [3.8, 4) is 5.75 Å². The van der Waals surface area contributed by atoms with Gasteiger partial charge in [-0.05, 0) is 42.3 Å². The van der Waals surface area contributed by atoms with Gasteiger partial charge in [0.25, 0.3) is 0 Å². The molecule has 0 fully saturated rings. The van der Waals surface area contributed by atoms with E-state index in [1.807, 2.05) is 17.0 Å². The topological polar surface area (TPSA) is 188 Å². The van der Waals surface area contributed by atoms with E-state index in [2.05, 4.69) is 9.97 Å². The molecular weight excluding hydrogens is 533 g/mol. The Bertz CT molecular complexity index is 1190. The number of anilines is 2. The van der Waals surface area contributed by atoms with E-state index in [0.717, 1.165) is 10.5 Å². The van der Waals surface area contributed by atoms with E-state index in [-0.39, 0.29) is 113 Å². The molecule has 0 radical (unpaired) electrons. The van der Waals surface area contributed by atoms with Crippen LogP contribution in [0.2, 0.25) is 0 Å². The predicted octanol–water partition coefficient (Wildman–Crippen LogP) is -10.5. The fraction of sp³-hybridized carbons (Fsp3) is 0.280. The number of nitrogens with two attached hydrogens (primary N) is 2. The molecule has 0 unspecified atom stereocenters. The Hall–Kier alpha value is -1.22. The van der Waals surface area contributed by atoms with Crippen LogP contribution in [0.4, 0.5) is 11.6 Å². The number of pyridine rings is 2. The number of nitrogen functional groups attached to an aromatic ring is 2. The van der Waals surface area contributed by atoms with Gasteiger partial charge in [0.15, 0.2) is 0 Å². The number of aliphatic carboxylic acids is 2. The number of carbonyl (C=O) groups is 2. The molecule has 0 saturated carbocycles. The summed E-state index contributed by atoms with van der Waals surface area (Å²) in [7, 11) is 0. The van der Waals surface area contributed by atoms with Crippen LogP contribution in [0.5, 0.6) is 5.75 Å². The van der Waals surface area contributed by atoms with Crippen molar-refractivity contribution in [1.82, 2.24) is 19.8 Å². The van der Waals surface area contributed by atoms with Crippen molar-refractivity contribution in [2.45, 2.75) is 33.1 Å². The van der Waals surface area contributed by atoms with Crippen molar-refractivity contribution in [1.29, 1.82) is 0 Å². The molecule has 1 aromatic carbocycles. The maximum atomic E-state index is 13.3. The largest absolute Gasteiger partial charge is 1.00 e. The van der Waals surface area contributed by atoms with Crippen molar-refractivity contribution < 1.29 is 114 Å². The van der Waals surface area contributed by atoms with Crippen molar-refractivity contribution in [3.63, 3.8) is 0 Å². The van der Waals surface area contributed by atoms with Gasteiger partial charge in [-0.15, -0.1) is 0 Å². The second-order valence-electron chi connectivity index (χ2n) is 8.55. The molecule has 0 aliphatic rings. The summed E-state index contributed by atoms with van der Waals surface area (Å²) >= 11 is 0. The molecule has 0 spiro atoms. The second-order valence-corrected chi connectivity index (χ2v) is 8.55. The predicted molar refractivity (Wildman–Crippen MR) is 126 cm³/mol. The van der Waals surface area contributed by atoms with Gasteiger partial charge in [0.1, 0.15) is 11.6 Å². The third-order valence-corrected chi connectivity index (χ3v) is 5.31. The Labute approximate surface area is 293 Å². The van der Waals surface area contributed by atoms with Gasteiger partial charge in [-0.1, -0.05) is 35.6 Å². The quantitative estimate of drug-likeness (QED) is 0.200. The minimum atomic E-state index is -1.45. The van der Waals surface area contributed by atoms with Crippen molar-refractivity contribution in [2.24, 2.45) is 0 Å². The Morgan fingerprint density at radius 1 is 0.744 bits per heavy atom. The molecule has 14 heteroatoms. The Morgan fingerprint density at radius 3 is 1.54 bits per heavy atom. The van der Waals surface area contributed by atoms with Crippen LogP contribution in [0.1, 0.15) is 28.1 Å². The van der Waals surface area contributed by atoms with Crippen LogP contribution in [-0.2, 0) is 35.8 Å². The number of benzene rings is 1. The summed E-state index contributed by atoms with van der Waals surface area (Å²) in [6, 6.07) is 14.0. The zero-order valence-electron chi connectivity index (χ0n) is 22.8. The van der Waals surface area contributed by atoms with E-state index in [1.54, 1.807) is 43.3 Å². The monoisotopic (exact) mass is 560 g/mol. The van der Waals surface area contributed by atoms with E-state index < -0.39 is 25.0 Å². The van der Waals surface area contributed by atoms with Crippen molar-refractivity contribution in [3.05, 3.63) is 76.6 Å². The first-order valence-electron chi connectivity index (χ1n) is 11.2. The molecule has 3 rings (SSSR count). The number of aromatic nitrogens is 2. The number of hydrogen-bond donors (Lipinski definition) is 2. The van der Waals surface area contributed by atoms with Gasteiger partial charge in [-0.2, -0.15) is 0 Å². The number of carboxylic acid groups (broad SMARTS) is 2. The summed E-state index contributed by atoms with van der Waals surface area (Å²) in [6.45, 7) is 1.29. The zero-order chi connectivity index (χ0) is 26.2. The van der Waals surface area contributed by atoms with Crippen LogP contribution in [0.3, 0.4) is 0 Å². The minimum Gasteiger partial charge on any atom is -0.872 e. The minimum absolute atomic E-state index is 0. The van der Waals surface area contributed by atoms with Crippen LogP contribution in [0, 0.1) is 6.92 Å². The number of carbonyl (C=O) groups excluding carboxylic acids is 2. The molecule has 2 aromatic heterocycles. The molecule has 3 aromatic rings. The molecule has 0 aliphatic heterocycles. The van der Waals surface area contributed by atoms with Crippen LogP contribution in [-0.4, -0.2) is 44.8 Å². The molecule has 0 saturated heterocycles. The average molecular weight is 560 g/mol. The van der Waals surface area contributed by atoms with Gasteiger partial charge in [-0.25, -0.2) is 9.97 Å². The number of rotatable bonds is 12. The molecule has 39 heavy (non-hydrogen) atoms. The number of nitrogens with zero attached hydrogens (tertiary/aromatic N) is 4. The number of hydrogen-bond acceptors (Lipinski definition) is 11. The summed E-state index contributed by atoms with van der Waals surface area (Å²) < 4.78 is 0. The van der Waals surface area contributed by atoms with Crippen LogP contribution < -0.4 is 115 Å². The summed E-state index contributed by atoms with van der Waals surface area (Å²) in [5.74, 6) is -2.47. The first kappa shape index (κ1) is 37.8. The Morgan fingerprint density at radius 2 is 1.15 bits per heavy atom. The molecule has 4 N–H and O–H groups in total. The van der Waals surface area contributed by atoms with Crippen LogP contribution in [0.25, 0.3) is 0 Å².